The van der Waals surface area contributed by atoms with E-state index in [4.69, 9.17) is 0 Å². The fraction of sp³-hybridized carbons (Fsp3) is 0.423. The predicted molar refractivity (Wildman–Crippen MR) is 135 cm³/mol. The predicted octanol–water partition coefficient (Wildman–Crippen LogP) is 2.34. The number of halogens is 1. The zero-order chi connectivity index (χ0) is 26.3. The van der Waals surface area contributed by atoms with Crippen LogP contribution in [0.2, 0.25) is 0 Å². The molecule has 2 saturated heterocycles. The number of nitrogens with zero attached hydrogens (tertiary/aromatic N) is 2. The number of likely N-dealkylation sites (tertiary alicyclic amines) is 1. The number of hydrogen-bond acceptors (Lipinski definition) is 6. The summed E-state index contributed by atoms with van der Waals surface area (Å²) in [6.07, 6.45) is 3.11. The molecule has 196 valence electrons. The highest BCUT2D eigenvalue weighted by Crippen LogP contribution is 2.38. The molecule has 0 spiro atoms. The molecule has 0 saturated carbocycles. The molecular formula is C26H29FN4O5S. The van der Waals surface area contributed by atoms with E-state index in [-0.39, 0.29) is 37.1 Å². The number of carbonyl (C=O) groups is 3. The van der Waals surface area contributed by atoms with Crippen molar-refractivity contribution in [3.05, 3.63) is 64.5 Å². The lowest BCUT2D eigenvalue weighted by atomic mass is 9.85. The van der Waals surface area contributed by atoms with Crippen LogP contribution >= 0.6 is 0 Å². The quantitative estimate of drug-likeness (QED) is 0.556. The minimum Gasteiger partial charge on any atom is -0.322 e. The number of sulfonamides is 1. The number of piperidine rings is 2. The number of anilines is 1. The number of rotatable bonds is 6. The second-order valence-electron chi connectivity index (χ2n) is 10.0. The molecule has 11 heteroatoms. The Labute approximate surface area is 215 Å². The summed E-state index contributed by atoms with van der Waals surface area (Å²) >= 11 is 0. The number of benzene rings is 2. The zero-order valence-electron chi connectivity index (χ0n) is 20.5. The molecule has 0 radical (unpaired) electrons. The van der Waals surface area contributed by atoms with E-state index in [0.717, 1.165) is 48.9 Å². The second kappa shape index (κ2) is 9.86. The van der Waals surface area contributed by atoms with Crippen molar-refractivity contribution in [3.8, 4) is 0 Å². The third-order valence-electron chi connectivity index (χ3n) is 7.32. The Hall–Kier alpha value is -3.31. The lowest BCUT2D eigenvalue weighted by Crippen LogP contribution is -2.52. The van der Waals surface area contributed by atoms with Crippen LogP contribution in [-0.4, -0.2) is 61.3 Å². The van der Waals surface area contributed by atoms with Crippen LogP contribution in [0.4, 0.5) is 10.1 Å². The van der Waals surface area contributed by atoms with Crippen molar-refractivity contribution in [2.45, 2.75) is 50.7 Å². The van der Waals surface area contributed by atoms with Crippen molar-refractivity contribution in [3.63, 3.8) is 0 Å². The number of carbonyl (C=O) groups excluding carboxylic acids is 3. The fourth-order valence-corrected chi connectivity index (χ4v) is 6.18. The van der Waals surface area contributed by atoms with Gasteiger partial charge in [-0.3, -0.25) is 29.3 Å². The van der Waals surface area contributed by atoms with Crippen molar-refractivity contribution in [2.24, 2.45) is 0 Å². The normalized spacial score (nSPS) is 21.2. The number of fused-ring (bicyclic) bond motifs is 1. The molecule has 3 heterocycles. The Morgan fingerprint density at radius 1 is 1.08 bits per heavy atom. The first-order valence-corrected chi connectivity index (χ1v) is 14.2. The van der Waals surface area contributed by atoms with Crippen LogP contribution in [0.5, 0.6) is 0 Å². The van der Waals surface area contributed by atoms with Gasteiger partial charge in [0.05, 0.1) is 6.26 Å². The molecule has 0 aromatic heterocycles. The highest BCUT2D eigenvalue weighted by molar-refractivity contribution is 7.92. The number of hydrogen-bond donors (Lipinski definition) is 2. The van der Waals surface area contributed by atoms with Crippen LogP contribution in [0.15, 0.2) is 36.4 Å². The third kappa shape index (κ3) is 5.52. The average molecular weight is 529 g/mol. The molecule has 2 aromatic carbocycles. The number of amides is 3. The minimum atomic E-state index is -3.35. The summed E-state index contributed by atoms with van der Waals surface area (Å²) in [5.41, 5.74) is 3.41. The van der Waals surface area contributed by atoms with Gasteiger partial charge in [-0.05, 0) is 79.2 Å². The van der Waals surface area contributed by atoms with Gasteiger partial charge >= 0.3 is 0 Å². The standard InChI is InChI=1S/C26H29FN4O5S/c1-37(35,36)29-19-4-2-3-16(11-19)14-30-9-7-17(8-10-30)20-12-18(27)13-21-22(20)15-31(26(21)34)23-5-6-24(32)28-25(23)33/h2-4,11-13,17,23,29H,5-10,14-15H2,1H3,(H,28,32,33). The van der Waals surface area contributed by atoms with E-state index in [1.807, 2.05) is 18.2 Å². The first kappa shape index (κ1) is 25.3. The van der Waals surface area contributed by atoms with Crippen LogP contribution in [0.1, 0.15) is 58.6 Å². The van der Waals surface area contributed by atoms with Crippen LogP contribution in [0.3, 0.4) is 0 Å². The molecule has 9 nitrogen and oxygen atoms in total. The zero-order valence-corrected chi connectivity index (χ0v) is 21.3. The molecule has 2 N–H and O–H groups in total. The Bertz CT molecular complexity index is 1370. The second-order valence-corrected chi connectivity index (χ2v) is 11.8. The molecule has 1 unspecified atom stereocenters. The van der Waals surface area contributed by atoms with E-state index in [0.29, 0.717) is 17.8 Å². The van der Waals surface area contributed by atoms with Crippen LogP contribution in [0, 0.1) is 5.82 Å². The van der Waals surface area contributed by atoms with Crippen LogP contribution < -0.4 is 10.0 Å². The van der Waals surface area contributed by atoms with Gasteiger partial charge in [0.2, 0.25) is 21.8 Å². The molecule has 5 rings (SSSR count). The van der Waals surface area contributed by atoms with E-state index >= 15 is 0 Å². The van der Waals surface area contributed by atoms with Gasteiger partial charge in [0.15, 0.2) is 0 Å². The molecule has 3 amide bonds. The summed E-state index contributed by atoms with van der Waals surface area (Å²) in [6.45, 7) is 2.43. The van der Waals surface area contributed by atoms with E-state index in [1.54, 1.807) is 6.07 Å². The third-order valence-corrected chi connectivity index (χ3v) is 7.93. The van der Waals surface area contributed by atoms with Gasteiger partial charge in [-0.1, -0.05) is 12.1 Å². The molecule has 37 heavy (non-hydrogen) atoms. The minimum absolute atomic E-state index is 0.0773. The smallest absolute Gasteiger partial charge is 0.255 e. The Morgan fingerprint density at radius 2 is 1.84 bits per heavy atom. The van der Waals surface area contributed by atoms with Gasteiger partial charge < -0.3 is 4.90 Å². The van der Waals surface area contributed by atoms with Gasteiger partial charge in [0.25, 0.3) is 5.91 Å². The Kier molecular flexibility index (Phi) is 6.76. The lowest BCUT2D eigenvalue weighted by Gasteiger charge is -2.33. The van der Waals surface area contributed by atoms with Gasteiger partial charge in [0.1, 0.15) is 11.9 Å². The first-order chi connectivity index (χ1) is 17.6. The summed E-state index contributed by atoms with van der Waals surface area (Å²) in [4.78, 5) is 40.8. The largest absolute Gasteiger partial charge is 0.322 e. The van der Waals surface area contributed by atoms with Crippen molar-refractivity contribution < 1.29 is 27.2 Å². The maximum Gasteiger partial charge on any atom is 0.255 e. The summed E-state index contributed by atoms with van der Waals surface area (Å²) in [5, 5.41) is 2.30. The lowest BCUT2D eigenvalue weighted by molar-refractivity contribution is -0.136. The first-order valence-electron chi connectivity index (χ1n) is 12.3. The van der Waals surface area contributed by atoms with Gasteiger partial charge in [-0.15, -0.1) is 0 Å². The van der Waals surface area contributed by atoms with Crippen LogP contribution in [-0.2, 0) is 32.7 Å². The molecule has 3 aliphatic heterocycles. The topological polar surface area (TPSA) is 116 Å². The number of imide groups is 1. The van der Waals surface area contributed by atoms with Crippen molar-refractivity contribution in [2.75, 3.05) is 24.1 Å². The SMILES string of the molecule is CS(=O)(=O)Nc1cccc(CN2CCC(c3cc(F)cc4c3CN(C3CCC(=O)NC3=O)C4=O)CC2)c1. The van der Waals surface area contributed by atoms with E-state index in [1.165, 1.54) is 17.0 Å². The molecule has 0 aliphatic carbocycles. The molecule has 3 aliphatic rings. The number of nitrogens with one attached hydrogen (secondary N) is 2. The monoisotopic (exact) mass is 528 g/mol. The van der Waals surface area contributed by atoms with E-state index in [9.17, 15) is 27.2 Å². The van der Waals surface area contributed by atoms with Crippen molar-refractivity contribution in [1.82, 2.24) is 15.1 Å². The average Bonchev–Trinajstić information content (AvgIpc) is 3.14. The molecule has 1 atom stereocenters. The highest BCUT2D eigenvalue weighted by atomic mass is 32.2. The highest BCUT2D eigenvalue weighted by Gasteiger charge is 2.41. The maximum atomic E-state index is 14.6. The Balaban J connectivity index is 1.27. The van der Waals surface area contributed by atoms with Crippen molar-refractivity contribution in [1.29, 1.82) is 0 Å². The molecule has 2 aromatic rings. The van der Waals surface area contributed by atoms with E-state index in [2.05, 4.69) is 14.9 Å². The summed E-state index contributed by atoms with van der Waals surface area (Å²) in [7, 11) is -3.35. The van der Waals surface area contributed by atoms with Crippen LogP contribution in [0.25, 0.3) is 0 Å². The van der Waals surface area contributed by atoms with Gasteiger partial charge in [-0.25, -0.2) is 12.8 Å². The van der Waals surface area contributed by atoms with Gasteiger partial charge in [0, 0.05) is 30.8 Å². The molecule has 2 fully saturated rings. The summed E-state index contributed by atoms with van der Waals surface area (Å²) < 4.78 is 40.2. The molecular weight excluding hydrogens is 499 g/mol. The molecule has 0 bridgehead atoms. The summed E-state index contributed by atoms with van der Waals surface area (Å²) in [5.74, 6) is -1.59. The fourth-order valence-electron chi connectivity index (χ4n) is 5.62. The van der Waals surface area contributed by atoms with E-state index < -0.39 is 27.8 Å². The summed E-state index contributed by atoms with van der Waals surface area (Å²) in [6, 6.07) is 9.33. The Morgan fingerprint density at radius 3 is 2.54 bits per heavy atom. The maximum absolute atomic E-state index is 14.6. The van der Waals surface area contributed by atoms with Crippen molar-refractivity contribution >= 4 is 33.4 Å². The van der Waals surface area contributed by atoms with Gasteiger partial charge in [-0.2, -0.15) is 0 Å².